The third kappa shape index (κ3) is 1.90. The number of fused-ring (bicyclic) bond motifs is 1. The first-order valence-electron chi connectivity index (χ1n) is 7.12. The maximum absolute atomic E-state index is 9.06. The average molecular weight is 274 g/mol. The minimum atomic E-state index is 0.513. The third-order valence-electron chi connectivity index (χ3n) is 3.95. The van der Waals surface area contributed by atoms with Crippen LogP contribution in [0, 0.1) is 18.3 Å². The van der Waals surface area contributed by atoms with Crippen molar-refractivity contribution in [1.82, 2.24) is 14.5 Å². The fraction of sp³-hybridized carbons (Fsp3) is 0.235. The Balaban J connectivity index is 2.02. The average Bonchev–Trinajstić information content (AvgIpc) is 3.27. The smallest absolute Gasteiger partial charge is 0.160 e. The second kappa shape index (κ2) is 4.42. The molecule has 2 aromatic heterocycles. The molecule has 0 amide bonds. The predicted molar refractivity (Wildman–Crippen MR) is 80.7 cm³/mol. The predicted octanol–water partition coefficient (Wildman–Crippen LogP) is 3.61. The molecule has 21 heavy (non-hydrogen) atoms. The van der Waals surface area contributed by atoms with Gasteiger partial charge in [-0.3, -0.25) is 4.98 Å². The molecule has 0 spiro atoms. The minimum Gasteiger partial charge on any atom is -0.320 e. The summed E-state index contributed by atoms with van der Waals surface area (Å²) in [5.41, 5.74) is 4.67. The van der Waals surface area contributed by atoms with E-state index in [9.17, 15) is 0 Å². The number of aromatic nitrogens is 3. The van der Waals surface area contributed by atoms with Crippen LogP contribution in [0.2, 0.25) is 0 Å². The normalized spacial score (nSPS) is 14.3. The van der Waals surface area contributed by atoms with Gasteiger partial charge in [-0.2, -0.15) is 5.26 Å². The maximum atomic E-state index is 9.06. The van der Waals surface area contributed by atoms with Crippen LogP contribution in [0.4, 0.5) is 0 Å². The van der Waals surface area contributed by atoms with Gasteiger partial charge in [-0.1, -0.05) is 6.07 Å². The SMILES string of the molecule is Cc1cccnc1-c1nc2cc(C#N)ccc2n1C1CC1. The molecule has 0 aliphatic heterocycles. The fourth-order valence-electron chi connectivity index (χ4n) is 2.76. The number of nitriles is 1. The zero-order valence-corrected chi connectivity index (χ0v) is 11.7. The molecule has 1 aliphatic carbocycles. The highest BCUT2D eigenvalue weighted by Crippen LogP contribution is 2.41. The monoisotopic (exact) mass is 274 g/mol. The summed E-state index contributed by atoms with van der Waals surface area (Å²) >= 11 is 0. The van der Waals surface area contributed by atoms with E-state index in [0.29, 0.717) is 11.6 Å². The number of imidazole rings is 1. The Labute approximate surface area is 122 Å². The summed E-state index contributed by atoms with van der Waals surface area (Å²) < 4.78 is 2.28. The van der Waals surface area contributed by atoms with Crippen molar-refractivity contribution in [3.05, 3.63) is 47.7 Å². The molecule has 102 valence electrons. The van der Waals surface area contributed by atoms with E-state index in [0.717, 1.165) is 28.1 Å². The Morgan fingerprint density at radius 2 is 2.14 bits per heavy atom. The molecule has 0 atom stereocenters. The van der Waals surface area contributed by atoms with E-state index in [1.54, 1.807) is 6.20 Å². The largest absolute Gasteiger partial charge is 0.320 e. The second-order valence-electron chi connectivity index (χ2n) is 5.52. The van der Waals surface area contributed by atoms with E-state index in [4.69, 9.17) is 10.2 Å². The van der Waals surface area contributed by atoms with Gasteiger partial charge in [0.05, 0.1) is 22.7 Å². The number of benzene rings is 1. The summed E-state index contributed by atoms with van der Waals surface area (Å²) in [5.74, 6) is 0.917. The summed E-state index contributed by atoms with van der Waals surface area (Å²) in [6, 6.07) is 12.4. The van der Waals surface area contributed by atoms with Crippen molar-refractivity contribution in [3.63, 3.8) is 0 Å². The van der Waals surface area contributed by atoms with Crippen LogP contribution in [0.25, 0.3) is 22.6 Å². The van der Waals surface area contributed by atoms with Crippen LogP contribution in [0.5, 0.6) is 0 Å². The number of hydrogen-bond donors (Lipinski definition) is 0. The van der Waals surface area contributed by atoms with Gasteiger partial charge in [0.15, 0.2) is 5.82 Å². The standard InChI is InChI=1S/C17H14N4/c1-11-3-2-8-19-16(11)17-20-14-9-12(10-18)4-7-15(14)21(17)13-5-6-13/h2-4,7-9,13H,5-6H2,1H3. The highest BCUT2D eigenvalue weighted by atomic mass is 15.1. The number of hydrogen-bond acceptors (Lipinski definition) is 3. The van der Waals surface area contributed by atoms with Gasteiger partial charge in [0.2, 0.25) is 0 Å². The van der Waals surface area contributed by atoms with Crippen LogP contribution in [0.3, 0.4) is 0 Å². The molecule has 1 fully saturated rings. The number of aryl methyl sites for hydroxylation is 1. The Morgan fingerprint density at radius 3 is 2.86 bits per heavy atom. The van der Waals surface area contributed by atoms with Crippen LogP contribution >= 0.6 is 0 Å². The van der Waals surface area contributed by atoms with E-state index in [1.807, 2.05) is 24.3 Å². The molecule has 1 aliphatic rings. The number of nitrogens with zero attached hydrogens (tertiary/aromatic N) is 4. The van der Waals surface area contributed by atoms with Crippen molar-refractivity contribution in [2.75, 3.05) is 0 Å². The molecule has 1 saturated carbocycles. The van der Waals surface area contributed by atoms with Gasteiger partial charge in [0.25, 0.3) is 0 Å². The molecule has 0 radical (unpaired) electrons. The van der Waals surface area contributed by atoms with Gasteiger partial charge in [-0.15, -0.1) is 0 Å². The first-order valence-corrected chi connectivity index (χ1v) is 7.12. The first-order chi connectivity index (χ1) is 10.3. The molecule has 4 nitrogen and oxygen atoms in total. The highest BCUT2D eigenvalue weighted by Gasteiger charge is 2.29. The topological polar surface area (TPSA) is 54.5 Å². The summed E-state index contributed by atoms with van der Waals surface area (Å²) in [5, 5.41) is 9.06. The maximum Gasteiger partial charge on any atom is 0.160 e. The molecule has 1 aromatic carbocycles. The lowest BCUT2D eigenvalue weighted by atomic mass is 10.2. The summed E-state index contributed by atoms with van der Waals surface area (Å²) in [7, 11) is 0. The molecular weight excluding hydrogens is 260 g/mol. The Morgan fingerprint density at radius 1 is 1.29 bits per heavy atom. The minimum absolute atomic E-state index is 0.513. The number of rotatable bonds is 2. The Kier molecular flexibility index (Phi) is 2.55. The van der Waals surface area contributed by atoms with Crippen LogP contribution < -0.4 is 0 Å². The summed E-state index contributed by atoms with van der Waals surface area (Å²) in [4.78, 5) is 9.27. The molecule has 0 unspecified atom stereocenters. The van der Waals surface area contributed by atoms with E-state index in [2.05, 4.69) is 28.6 Å². The van der Waals surface area contributed by atoms with Crippen molar-refractivity contribution >= 4 is 11.0 Å². The van der Waals surface area contributed by atoms with Gasteiger partial charge < -0.3 is 4.57 Å². The van der Waals surface area contributed by atoms with Gasteiger partial charge in [-0.05, 0) is 49.6 Å². The Bertz CT molecular complexity index is 881. The van der Waals surface area contributed by atoms with E-state index >= 15 is 0 Å². The van der Waals surface area contributed by atoms with Crippen LogP contribution in [0.1, 0.15) is 30.0 Å². The fourth-order valence-corrected chi connectivity index (χ4v) is 2.76. The van der Waals surface area contributed by atoms with Crippen LogP contribution in [-0.2, 0) is 0 Å². The lowest BCUT2D eigenvalue weighted by Gasteiger charge is -2.08. The second-order valence-corrected chi connectivity index (χ2v) is 5.52. The molecule has 0 bridgehead atoms. The van der Waals surface area contributed by atoms with Crippen molar-refractivity contribution < 1.29 is 0 Å². The number of pyridine rings is 1. The van der Waals surface area contributed by atoms with Crippen molar-refractivity contribution in [3.8, 4) is 17.6 Å². The molecular formula is C17H14N4. The summed E-state index contributed by atoms with van der Waals surface area (Å²) in [6.45, 7) is 2.06. The molecule has 4 rings (SSSR count). The lowest BCUT2D eigenvalue weighted by Crippen LogP contribution is -2.00. The highest BCUT2D eigenvalue weighted by molar-refractivity contribution is 5.82. The van der Waals surface area contributed by atoms with E-state index < -0.39 is 0 Å². The summed E-state index contributed by atoms with van der Waals surface area (Å²) in [6.07, 6.45) is 4.17. The van der Waals surface area contributed by atoms with Gasteiger partial charge in [-0.25, -0.2) is 4.98 Å². The molecule has 0 N–H and O–H groups in total. The zero-order chi connectivity index (χ0) is 14.4. The zero-order valence-electron chi connectivity index (χ0n) is 11.7. The molecule has 0 saturated heterocycles. The van der Waals surface area contributed by atoms with Gasteiger partial charge in [0.1, 0.15) is 5.69 Å². The van der Waals surface area contributed by atoms with Crippen LogP contribution in [0.15, 0.2) is 36.5 Å². The van der Waals surface area contributed by atoms with E-state index in [-0.39, 0.29) is 0 Å². The van der Waals surface area contributed by atoms with E-state index in [1.165, 1.54) is 12.8 Å². The lowest BCUT2D eigenvalue weighted by molar-refractivity contribution is 0.771. The van der Waals surface area contributed by atoms with Crippen molar-refractivity contribution in [2.24, 2.45) is 0 Å². The third-order valence-corrected chi connectivity index (χ3v) is 3.95. The quantitative estimate of drug-likeness (QED) is 0.717. The molecule has 4 heteroatoms. The Hall–Kier alpha value is -2.67. The van der Waals surface area contributed by atoms with Crippen molar-refractivity contribution in [2.45, 2.75) is 25.8 Å². The molecule has 2 heterocycles. The van der Waals surface area contributed by atoms with Crippen LogP contribution in [-0.4, -0.2) is 14.5 Å². The first kappa shape index (κ1) is 12.1. The van der Waals surface area contributed by atoms with Gasteiger partial charge in [0, 0.05) is 12.2 Å². The van der Waals surface area contributed by atoms with Gasteiger partial charge >= 0.3 is 0 Å². The van der Waals surface area contributed by atoms with Crippen molar-refractivity contribution in [1.29, 1.82) is 5.26 Å². The molecule has 3 aromatic rings.